The predicted octanol–water partition coefficient (Wildman–Crippen LogP) is 4.24. The van der Waals surface area contributed by atoms with E-state index in [1.165, 1.54) is 30.4 Å². The SMILES string of the molecule is Cc1ccc(C[C@H](C)N[C@H](C)C23C[C@H]4C[C@@H](CC(O)(C4)C2)C3)cc1. The van der Waals surface area contributed by atoms with Crippen molar-refractivity contribution < 1.29 is 5.11 Å². The minimum absolute atomic E-state index is 0.334. The Kier molecular flexibility index (Phi) is 4.04. The van der Waals surface area contributed by atoms with Crippen LogP contribution in [0, 0.1) is 24.2 Å². The Morgan fingerprint density at radius 2 is 1.71 bits per heavy atom. The standard InChI is InChI=1S/C22H33NO/c1-15-4-6-18(7-5-15)8-16(2)23-17(3)21-10-19-9-20(11-21)13-22(24,12-19)14-21/h4-7,16-17,19-20,23-24H,8-14H2,1-3H3/t16-,17+,19+,20+,21?,22?/m0/s1. The highest BCUT2D eigenvalue weighted by Gasteiger charge is 2.58. The molecule has 0 saturated heterocycles. The van der Waals surface area contributed by atoms with Gasteiger partial charge in [0.25, 0.3) is 0 Å². The number of hydrogen-bond donors (Lipinski definition) is 2. The monoisotopic (exact) mass is 327 g/mol. The van der Waals surface area contributed by atoms with Crippen LogP contribution in [0.2, 0.25) is 0 Å². The van der Waals surface area contributed by atoms with Crippen LogP contribution < -0.4 is 5.32 Å². The zero-order valence-electron chi connectivity index (χ0n) is 15.5. The van der Waals surface area contributed by atoms with Gasteiger partial charge in [0.05, 0.1) is 5.60 Å². The lowest BCUT2D eigenvalue weighted by Gasteiger charge is -2.62. The van der Waals surface area contributed by atoms with E-state index in [2.05, 4.69) is 50.4 Å². The van der Waals surface area contributed by atoms with Crippen LogP contribution in [0.3, 0.4) is 0 Å². The van der Waals surface area contributed by atoms with Gasteiger partial charge in [0, 0.05) is 12.1 Å². The second-order valence-electron chi connectivity index (χ2n) is 9.53. The molecule has 4 fully saturated rings. The van der Waals surface area contributed by atoms with Crippen molar-refractivity contribution in [3.8, 4) is 0 Å². The highest BCUT2D eigenvalue weighted by Crippen LogP contribution is 2.62. The molecule has 2 heteroatoms. The van der Waals surface area contributed by atoms with Crippen molar-refractivity contribution in [3.63, 3.8) is 0 Å². The van der Waals surface area contributed by atoms with Crippen molar-refractivity contribution in [2.75, 3.05) is 0 Å². The van der Waals surface area contributed by atoms with Gasteiger partial charge in [-0.15, -0.1) is 0 Å². The van der Waals surface area contributed by atoms with Crippen molar-refractivity contribution >= 4 is 0 Å². The summed E-state index contributed by atoms with van der Waals surface area (Å²) in [6.45, 7) is 6.83. The molecule has 0 radical (unpaired) electrons. The summed E-state index contributed by atoms with van der Waals surface area (Å²) in [5.41, 5.74) is 2.73. The number of benzene rings is 1. The zero-order valence-corrected chi connectivity index (χ0v) is 15.5. The van der Waals surface area contributed by atoms with Gasteiger partial charge in [-0.05, 0) is 88.5 Å². The molecule has 0 unspecified atom stereocenters. The number of nitrogens with one attached hydrogen (secondary N) is 1. The molecule has 24 heavy (non-hydrogen) atoms. The quantitative estimate of drug-likeness (QED) is 0.848. The molecule has 0 spiro atoms. The smallest absolute Gasteiger partial charge is 0.0659 e. The largest absolute Gasteiger partial charge is 0.390 e. The fraction of sp³-hybridized carbons (Fsp3) is 0.727. The summed E-state index contributed by atoms with van der Waals surface area (Å²) in [4.78, 5) is 0. The lowest BCUT2D eigenvalue weighted by atomic mass is 9.46. The van der Waals surface area contributed by atoms with E-state index in [9.17, 15) is 5.11 Å². The Labute approximate surface area is 147 Å². The Morgan fingerprint density at radius 3 is 2.29 bits per heavy atom. The van der Waals surface area contributed by atoms with E-state index < -0.39 is 0 Å². The Morgan fingerprint density at radius 1 is 1.08 bits per heavy atom. The molecule has 4 aliphatic carbocycles. The molecule has 0 aromatic heterocycles. The molecule has 4 bridgehead atoms. The molecular formula is C22H33NO. The Bertz CT molecular complexity index is 578. The van der Waals surface area contributed by atoms with Crippen LogP contribution in [-0.2, 0) is 6.42 Å². The van der Waals surface area contributed by atoms with E-state index in [0.29, 0.717) is 17.5 Å². The maximum atomic E-state index is 11.0. The van der Waals surface area contributed by atoms with Crippen molar-refractivity contribution in [2.45, 2.75) is 83.4 Å². The summed E-state index contributed by atoms with van der Waals surface area (Å²) in [7, 11) is 0. The second-order valence-corrected chi connectivity index (χ2v) is 9.53. The third kappa shape index (κ3) is 3.04. The number of aryl methyl sites for hydroxylation is 1. The van der Waals surface area contributed by atoms with Crippen molar-refractivity contribution in [1.82, 2.24) is 5.32 Å². The fourth-order valence-electron chi connectivity index (χ4n) is 6.53. The molecule has 4 atom stereocenters. The first kappa shape index (κ1) is 16.6. The predicted molar refractivity (Wildman–Crippen MR) is 99.0 cm³/mol. The first-order chi connectivity index (χ1) is 11.4. The lowest BCUT2D eigenvalue weighted by Crippen LogP contribution is -2.62. The molecule has 132 valence electrons. The first-order valence-corrected chi connectivity index (χ1v) is 9.90. The highest BCUT2D eigenvalue weighted by molar-refractivity contribution is 5.22. The molecule has 5 rings (SSSR count). The topological polar surface area (TPSA) is 32.3 Å². The summed E-state index contributed by atoms with van der Waals surface area (Å²) in [6.07, 6.45) is 8.27. The third-order valence-corrected chi connectivity index (χ3v) is 7.19. The second kappa shape index (κ2) is 5.85. The third-order valence-electron chi connectivity index (χ3n) is 7.19. The van der Waals surface area contributed by atoms with Gasteiger partial charge in [-0.2, -0.15) is 0 Å². The van der Waals surface area contributed by atoms with E-state index in [-0.39, 0.29) is 5.60 Å². The Balaban J connectivity index is 1.42. The van der Waals surface area contributed by atoms with E-state index in [1.54, 1.807) is 0 Å². The van der Waals surface area contributed by atoms with Crippen molar-refractivity contribution in [2.24, 2.45) is 17.3 Å². The van der Waals surface area contributed by atoms with Gasteiger partial charge in [0.1, 0.15) is 0 Å². The normalized spacial score (nSPS) is 39.8. The lowest BCUT2D eigenvalue weighted by molar-refractivity contribution is -0.172. The molecule has 4 aliphatic rings. The molecule has 4 saturated carbocycles. The summed E-state index contributed by atoms with van der Waals surface area (Å²) in [6, 6.07) is 9.90. The van der Waals surface area contributed by atoms with Crippen LogP contribution in [0.15, 0.2) is 24.3 Å². The van der Waals surface area contributed by atoms with Crippen molar-refractivity contribution in [1.29, 1.82) is 0 Å². The van der Waals surface area contributed by atoms with Gasteiger partial charge in [-0.1, -0.05) is 29.8 Å². The van der Waals surface area contributed by atoms with Crippen molar-refractivity contribution in [3.05, 3.63) is 35.4 Å². The van der Waals surface area contributed by atoms with Gasteiger partial charge in [-0.3, -0.25) is 0 Å². The zero-order chi connectivity index (χ0) is 16.9. The molecule has 0 heterocycles. The molecule has 1 aromatic rings. The molecular weight excluding hydrogens is 294 g/mol. The van der Waals surface area contributed by atoms with E-state index in [0.717, 1.165) is 37.5 Å². The van der Waals surface area contributed by atoms with Crippen LogP contribution in [0.1, 0.15) is 63.5 Å². The van der Waals surface area contributed by atoms with Gasteiger partial charge in [-0.25, -0.2) is 0 Å². The average Bonchev–Trinajstić information content (AvgIpc) is 2.47. The van der Waals surface area contributed by atoms with Crippen LogP contribution in [-0.4, -0.2) is 22.8 Å². The van der Waals surface area contributed by atoms with Crippen LogP contribution in [0.25, 0.3) is 0 Å². The van der Waals surface area contributed by atoms with Gasteiger partial charge >= 0.3 is 0 Å². The number of hydrogen-bond acceptors (Lipinski definition) is 2. The minimum atomic E-state index is -0.347. The molecule has 2 N–H and O–H groups in total. The van der Waals surface area contributed by atoms with Crippen LogP contribution >= 0.6 is 0 Å². The summed E-state index contributed by atoms with van der Waals surface area (Å²) < 4.78 is 0. The minimum Gasteiger partial charge on any atom is -0.390 e. The number of rotatable bonds is 5. The van der Waals surface area contributed by atoms with E-state index >= 15 is 0 Å². The summed E-state index contributed by atoms with van der Waals surface area (Å²) in [5, 5.41) is 14.9. The summed E-state index contributed by atoms with van der Waals surface area (Å²) in [5.74, 6) is 1.54. The maximum Gasteiger partial charge on any atom is 0.0659 e. The Hall–Kier alpha value is -0.860. The molecule has 0 aliphatic heterocycles. The fourth-order valence-corrected chi connectivity index (χ4v) is 6.53. The van der Waals surface area contributed by atoms with Crippen LogP contribution in [0.4, 0.5) is 0 Å². The summed E-state index contributed by atoms with van der Waals surface area (Å²) >= 11 is 0. The van der Waals surface area contributed by atoms with Crippen LogP contribution in [0.5, 0.6) is 0 Å². The maximum absolute atomic E-state index is 11.0. The van der Waals surface area contributed by atoms with E-state index in [1.807, 2.05) is 0 Å². The van der Waals surface area contributed by atoms with E-state index in [4.69, 9.17) is 0 Å². The van der Waals surface area contributed by atoms with Gasteiger partial charge < -0.3 is 10.4 Å². The highest BCUT2D eigenvalue weighted by atomic mass is 16.3. The molecule has 2 nitrogen and oxygen atoms in total. The number of aliphatic hydroxyl groups is 1. The molecule has 0 amide bonds. The average molecular weight is 328 g/mol. The molecule has 1 aromatic carbocycles. The van der Waals surface area contributed by atoms with Gasteiger partial charge in [0.2, 0.25) is 0 Å². The first-order valence-electron chi connectivity index (χ1n) is 9.90. The van der Waals surface area contributed by atoms with Gasteiger partial charge in [0.15, 0.2) is 0 Å².